The zero-order chi connectivity index (χ0) is 17.9. The van der Waals surface area contributed by atoms with Crippen molar-refractivity contribution in [3.05, 3.63) is 39.9 Å². The first kappa shape index (κ1) is 17.7. The first-order valence-corrected chi connectivity index (χ1v) is 7.56. The summed E-state index contributed by atoms with van der Waals surface area (Å²) in [4.78, 5) is 35.7. The van der Waals surface area contributed by atoms with E-state index in [9.17, 15) is 19.7 Å². The Hall–Kier alpha value is -2.64. The smallest absolute Gasteiger partial charge is 0.331 e. The summed E-state index contributed by atoms with van der Waals surface area (Å²) >= 11 is 0. The predicted octanol–water partition coefficient (Wildman–Crippen LogP) is 1.55. The summed E-state index contributed by atoms with van der Waals surface area (Å²) in [6, 6.07) is 5.02. The maximum absolute atomic E-state index is 12.4. The number of methoxy groups -OCH3 is 1. The highest BCUT2D eigenvalue weighted by molar-refractivity contribution is 6.06. The summed E-state index contributed by atoms with van der Waals surface area (Å²) in [5.41, 5.74) is -1.46. The highest BCUT2D eigenvalue weighted by atomic mass is 16.6. The first-order valence-electron chi connectivity index (χ1n) is 7.56. The van der Waals surface area contributed by atoms with Crippen LogP contribution in [0.25, 0.3) is 0 Å². The molecule has 0 bridgehead atoms. The van der Waals surface area contributed by atoms with Crippen molar-refractivity contribution in [1.29, 1.82) is 0 Å². The minimum atomic E-state index is -1.94. The summed E-state index contributed by atoms with van der Waals surface area (Å²) < 4.78 is 14.9. The molecule has 1 aliphatic rings. The number of hydrogen-bond acceptors (Lipinski definition) is 7. The van der Waals surface area contributed by atoms with Crippen LogP contribution in [0.5, 0.6) is 5.75 Å². The molecule has 1 aliphatic carbocycles. The van der Waals surface area contributed by atoms with E-state index in [1.807, 2.05) is 0 Å². The van der Waals surface area contributed by atoms with Gasteiger partial charge in [0.25, 0.3) is 0 Å². The van der Waals surface area contributed by atoms with Crippen molar-refractivity contribution in [1.82, 2.24) is 0 Å². The third-order valence-corrected chi connectivity index (χ3v) is 4.09. The van der Waals surface area contributed by atoms with Crippen LogP contribution in [-0.2, 0) is 19.1 Å². The van der Waals surface area contributed by atoms with Crippen LogP contribution in [-0.4, -0.2) is 43.2 Å². The molecule has 8 nitrogen and oxygen atoms in total. The molecule has 2 rings (SSSR count). The number of nitrogens with zero attached hydrogens (tertiary/aromatic N) is 1. The average Bonchev–Trinajstić information content (AvgIpc) is 3.27. The highest BCUT2D eigenvalue weighted by Crippen LogP contribution is 2.62. The second-order valence-corrected chi connectivity index (χ2v) is 5.29. The Bertz CT molecular complexity index is 622. The fourth-order valence-corrected chi connectivity index (χ4v) is 2.99. The van der Waals surface area contributed by atoms with Gasteiger partial charge in [0.05, 0.1) is 26.2 Å². The molecular formula is C16H19NO7. The van der Waals surface area contributed by atoms with Crippen molar-refractivity contribution in [2.75, 3.05) is 20.3 Å². The Kier molecular flexibility index (Phi) is 5.06. The highest BCUT2D eigenvalue weighted by Gasteiger charge is 2.85. The molecule has 0 heterocycles. The minimum absolute atomic E-state index is 0.0136. The fourth-order valence-electron chi connectivity index (χ4n) is 2.99. The van der Waals surface area contributed by atoms with Gasteiger partial charge in [-0.2, -0.15) is 0 Å². The molecule has 0 unspecified atom stereocenters. The fraction of sp³-hybridized carbons (Fsp3) is 0.500. The lowest BCUT2D eigenvalue weighted by molar-refractivity contribution is -0.501. The predicted molar refractivity (Wildman–Crippen MR) is 82.2 cm³/mol. The number of esters is 2. The van der Waals surface area contributed by atoms with Crippen molar-refractivity contribution in [2.45, 2.75) is 25.8 Å². The molecule has 0 saturated heterocycles. The molecule has 1 aromatic carbocycles. The number of rotatable bonds is 7. The zero-order valence-electron chi connectivity index (χ0n) is 13.7. The van der Waals surface area contributed by atoms with E-state index in [-0.39, 0.29) is 13.2 Å². The Labute approximate surface area is 138 Å². The van der Waals surface area contributed by atoms with Crippen molar-refractivity contribution < 1.29 is 28.7 Å². The average molecular weight is 337 g/mol. The van der Waals surface area contributed by atoms with E-state index < -0.39 is 34.2 Å². The Morgan fingerprint density at radius 1 is 1.12 bits per heavy atom. The lowest BCUT2D eigenvalue weighted by Crippen LogP contribution is -2.35. The van der Waals surface area contributed by atoms with Gasteiger partial charge in [0.1, 0.15) is 5.75 Å². The standard InChI is InChI=1S/C16H19NO7/c1-4-23-14(18)16(15(19)24-5-2)12(13(16)17(20)21)10-6-8-11(22-3)9-7-10/h6-9,12-13H,4-5H2,1-3H3/t12-,13-/m1/s1. The Morgan fingerprint density at radius 3 is 2.00 bits per heavy atom. The molecule has 8 heteroatoms. The molecule has 24 heavy (non-hydrogen) atoms. The molecule has 0 amide bonds. The molecule has 0 radical (unpaired) electrons. The van der Waals surface area contributed by atoms with Gasteiger partial charge in [-0.15, -0.1) is 0 Å². The molecule has 0 aromatic heterocycles. The Morgan fingerprint density at radius 2 is 1.62 bits per heavy atom. The van der Waals surface area contributed by atoms with Crippen LogP contribution in [0.4, 0.5) is 0 Å². The molecule has 0 aliphatic heterocycles. The summed E-state index contributed by atoms with van der Waals surface area (Å²) in [5.74, 6) is -2.22. The van der Waals surface area contributed by atoms with Crippen LogP contribution in [0.2, 0.25) is 0 Å². The molecule has 130 valence electrons. The lowest BCUT2D eigenvalue weighted by Gasteiger charge is -2.13. The second-order valence-electron chi connectivity index (χ2n) is 5.29. The molecule has 1 fully saturated rings. The van der Waals surface area contributed by atoms with Crippen LogP contribution in [0.15, 0.2) is 24.3 Å². The quantitative estimate of drug-likeness (QED) is 0.322. The number of benzene rings is 1. The van der Waals surface area contributed by atoms with Crippen LogP contribution in [0.3, 0.4) is 0 Å². The molecule has 2 atom stereocenters. The minimum Gasteiger partial charge on any atom is -0.497 e. The largest absolute Gasteiger partial charge is 0.497 e. The van der Waals surface area contributed by atoms with E-state index in [2.05, 4.69) is 0 Å². The third-order valence-electron chi connectivity index (χ3n) is 4.09. The van der Waals surface area contributed by atoms with Crippen LogP contribution < -0.4 is 4.74 Å². The van der Waals surface area contributed by atoms with Gasteiger partial charge >= 0.3 is 11.9 Å². The van der Waals surface area contributed by atoms with E-state index in [4.69, 9.17) is 14.2 Å². The van der Waals surface area contributed by atoms with E-state index >= 15 is 0 Å². The number of nitro groups is 1. The zero-order valence-corrected chi connectivity index (χ0v) is 13.7. The van der Waals surface area contributed by atoms with Crippen LogP contribution in [0, 0.1) is 15.5 Å². The monoisotopic (exact) mass is 337 g/mol. The van der Waals surface area contributed by atoms with E-state index in [0.29, 0.717) is 11.3 Å². The van der Waals surface area contributed by atoms with Crippen LogP contribution >= 0.6 is 0 Å². The van der Waals surface area contributed by atoms with Crippen molar-refractivity contribution in [3.63, 3.8) is 0 Å². The first-order chi connectivity index (χ1) is 11.4. The topological polar surface area (TPSA) is 105 Å². The van der Waals surface area contributed by atoms with Gasteiger partial charge < -0.3 is 14.2 Å². The van der Waals surface area contributed by atoms with Crippen molar-refractivity contribution in [3.8, 4) is 5.75 Å². The SMILES string of the molecule is CCOC(=O)C1(C(=O)OCC)[C@H](c2ccc(OC)cc2)[C@H]1[N+](=O)[O-]. The normalized spacial score (nSPS) is 20.8. The molecule has 0 spiro atoms. The summed E-state index contributed by atoms with van der Waals surface area (Å²) in [6.07, 6.45) is 0. The van der Waals surface area contributed by atoms with Gasteiger partial charge in [0.15, 0.2) is 0 Å². The van der Waals surface area contributed by atoms with E-state index in [1.165, 1.54) is 7.11 Å². The molecule has 1 saturated carbocycles. The summed E-state index contributed by atoms with van der Waals surface area (Å²) in [7, 11) is 1.49. The van der Waals surface area contributed by atoms with E-state index in [0.717, 1.165) is 0 Å². The maximum atomic E-state index is 12.4. The van der Waals surface area contributed by atoms with Gasteiger partial charge in [-0.05, 0) is 31.5 Å². The van der Waals surface area contributed by atoms with Crippen LogP contribution in [0.1, 0.15) is 25.3 Å². The van der Waals surface area contributed by atoms with E-state index in [1.54, 1.807) is 38.1 Å². The number of carbonyl (C=O) groups excluding carboxylic acids is 2. The summed E-state index contributed by atoms with van der Waals surface area (Å²) in [5, 5.41) is 11.5. The van der Waals surface area contributed by atoms with Gasteiger partial charge in [-0.1, -0.05) is 12.1 Å². The number of ether oxygens (including phenoxy) is 3. The number of hydrogen-bond donors (Lipinski definition) is 0. The van der Waals surface area contributed by atoms with Gasteiger partial charge in [-0.3, -0.25) is 19.7 Å². The van der Waals surface area contributed by atoms with Crippen molar-refractivity contribution in [2.24, 2.45) is 5.41 Å². The second kappa shape index (κ2) is 6.86. The maximum Gasteiger partial charge on any atom is 0.331 e. The molecular weight excluding hydrogens is 318 g/mol. The van der Waals surface area contributed by atoms with Crippen molar-refractivity contribution >= 4 is 11.9 Å². The molecule has 1 aromatic rings. The van der Waals surface area contributed by atoms with Gasteiger partial charge in [0.2, 0.25) is 11.5 Å². The summed E-state index contributed by atoms with van der Waals surface area (Å²) in [6.45, 7) is 3.17. The Balaban J connectivity index is 2.47. The third kappa shape index (κ3) is 2.68. The molecule has 0 N–H and O–H groups in total. The number of carbonyl (C=O) groups is 2. The van der Waals surface area contributed by atoms with Gasteiger partial charge in [0, 0.05) is 4.92 Å². The van der Waals surface area contributed by atoms with Gasteiger partial charge in [-0.25, -0.2) is 0 Å². The lowest BCUT2D eigenvalue weighted by atomic mass is 9.99.